The van der Waals surface area contributed by atoms with Gasteiger partial charge in [0.1, 0.15) is 5.41 Å². The van der Waals surface area contributed by atoms with E-state index in [4.69, 9.17) is 0 Å². The average Bonchev–Trinajstić information content (AvgIpc) is 3.50. The summed E-state index contributed by atoms with van der Waals surface area (Å²) < 4.78 is 0. The maximum absolute atomic E-state index is 13.6. The first kappa shape index (κ1) is 14.9. The molecule has 3 aromatic carbocycles. The van der Waals surface area contributed by atoms with Gasteiger partial charge in [0.2, 0.25) is 0 Å². The Bertz CT molecular complexity index is 721. The summed E-state index contributed by atoms with van der Waals surface area (Å²) in [5.74, 6) is 0.497. The van der Waals surface area contributed by atoms with Crippen LogP contribution in [0, 0.1) is 5.92 Å². The van der Waals surface area contributed by atoms with Crippen LogP contribution < -0.4 is 0 Å². The van der Waals surface area contributed by atoms with Crippen LogP contribution in [0.15, 0.2) is 91.0 Å². The fourth-order valence-corrected chi connectivity index (χ4v) is 3.64. The molecule has 0 spiro atoms. The molecular formula is C23H20O. The standard InChI is InChI=1S/C23H20O/c24-22(18-16-17-18)23(19-10-4-1-5-11-19,20-12-6-2-7-13-20)21-14-8-3-9-15-21/h1-15,18H,16-17H2. The number of rotatable bonds is 5. The Balaban J connectivity index is 2.05. The van der Waals surface area contributed by atoms with Crippen LogP contribution in [0.3, 0.4) is 0 Å². The Kier molecular flexibility index (Phi) is 3.78. The van der Waals surface area contributed by atoms with Crippen molar-refractivity contribution in [1.29, 1.82) is 0 Å². The van der Waals surface area contributed by atoms with Crippen LogP contribution in [-0.4, -0.2) is 5.78 Å². The summed E-state index contributed by atoms with van der Waals surface area (Å²) in [5.41, 5.74) is 2.45. The minimum absolute atomic E-state index is 0.172. The zero-order valence-corrected chi connectivity index (χ0v) is 13.6. The van der Waals surface area contributed by atoms with E-state index in [1.165, 1.54) is 0 Å². The number of carbonyl (C=O) groups excluding carboxylic acids is 1. The summed E-state index contributed by atoms with van der Waals surface area (Å²) in [5, 5.41) is 0. The maximum atomic E-state index is 13.6. The molecule has 4 rings (SSSR count). The van der Waals surface area contributed by atoms with Crippen molar-refractivity contribution in [1.82, 2.24) is 0 Å². The summed E-state index contributed by atoms with van der Waals surface area (Å²) in [4.78, 5) is 13.6. The molecule has 1 fully saturated rings. The van der Waals surface area contributed by atoms with Gasteiger partial charge in [-0.2, -0.15) is 0 Å². The van der Waals surface area contributed by atoms with E-state index >= 15 is 0 Å². The van der Waals surface area contributed by atoms with Crippen LogP contribution in [-0.2, 0) is 10.2 Å². The van der Waals surface area contributed by atoms with Crippen molar-refractivity contribution in [2.45, 2.75) is 18.3 Å². The number of hydrogen-bond acceptors (Lipinski definition) is 1. The Hall–Kier alpha value is -2.67. The predicted octanol–water partition coefficient (Wildman–Crippen LogP) is 5.00. The van der Waals surface area contributed by atoms with E-state index in [9.17, 15) is 4.79 Å². The summed E-state index contributed by atoms with van der Waals surface area (Å²) in [6.45, 7) is 0. The lowest BCUT2D eigenvalue weighted by Gasteiger charge is -2.34. The van der Waals surface area contributed by atoms with E-state index in [0.29, 0.717) is 5.78 Å². The lowest BCUT2D eigenvalue weighted by Crippen LogP contribution is -2.39. The third-order valence-electron chi connectivity index (χ3n) is 4.94. The molecule has 0 saturated heterocycles. The molecule has 1 saturated carbocycles. The van der Waals surface area contributed by atoms with Gasteiger partial charge in [-0.3, -0.25) is 4.79 Å². The number of ketones is 1. The zero-order chi connectivity index (χ0) is 16.4. The number of Topliss-reactive ketones (excluding diaryl/α,β-unsaturated/α-hetero) is 1. The van der Waals surface area contributed by atoms with E-state index < -0.39 is 5.41 Å². The fourth-order valence-electron chi connectivity index (χ4n) is 3.64. The van der Waals surface area contributed by atoms with Crippen LogP contribution >= 0.6 is 0 Å². The molecule has 1 aliphatic carbocycles. The van der Waals surface area contributed by atoms with Gasteiger partial charge < -0.3 is 0 Å². The minimum atomic E-state index is -0.717. The molecule has 1 aliphatic rings. The largest absolute Gasteiger partial charge is 0.298 e. The van der Waals surface area contributed by atoms with Gasteiger partial charge in [-0.1, -0.05) is 91.0 Å². The lowest BCUT2D eigenvalue weighted by molar-refractivity contribution is -0.123. The summed E-state index contributed by atoms with van der Waals surface area (Å²) in [6, 6.07) is 30.7. The zero-order valence-electron chi connectivity index (χ0n) is 13.6. The number of hydrogen-bond donors (Lipinski definition) is 0. The highest BCUT2D eigenvalue weighted by molar-refractivity contribution is 6.00. The van der Waals surface area contributed by atoms with Crippen LogP contribution in [0.5, 0.6) is 0 Å². The third kappa shape index (κ3) is 2.37. The molecule has 3 aromatic rings. The second-order valence-electron chi connectivity index (χ2n) is 6.49. The van der Waals surface area contributed by atoms with E-state index in [-0.39, 0.29) is 5.92 Å². The van der Waals surface area contributed by atoms with E-state index in [1.54, 1.807) is 0 Å². The molecule has 0 bridgehead atoms. The van der Waals surface area contributed by atoms with Gasteiger partial charge in [0.15, 0.2) is 5.78 Å². The smallest absolute Gasteiger partial charge is 0.155 e. The van der Waals surface area contributed by atoms with E-state index in [1.807, 2.05) is 54.6 Å². The topological polar surface area (TPSA) is 17.1 Å². The first-order chi connectivity index (χ1) is 11.8. The molecule has 0 heterocycles. The molecule has 118 valence electrons. The van der Waals surface area contributed by atoms with Gasteiger partial charge in [-0.25, -0.2) is 0 Å². The molecule has 24 heavy (non-hydrogen) atoms. The fraction of sp³-hybridized carbons (Fsp3) is 0.174. The monoisotopic (exact) mass is 312 g/mol. The van der Waals surface area contributed by atoms with Crippen LogP contribution in [0.4, 0.5) is 0 Å². The Morgan fingerprint density at radius 3 is 1.25 bits per heavy atom. The predicted molar refractivity (Wildman–Crippen MR) is 96.9 cm³/mol. The summed E-state index contributed by atoms with van der Waals surface area (Å²) in [6.07, 6.45) is 2.01. The molecule has 1 nitrogen and oxygen atoms in total. The van der Waals surface area contributed by atoms with Crippen LogP contribution in [0.1, 0.15) is 29.5 Å². The number of benzene rings is 3. The Labute approximate surface area is 143 Å². The van der Waals surface area contributed by atoms with Crippen molar-refractivity contribution in [2.24, 2.45) is 5.92 Å². The lowest BCUT2D eigenvalue weighted by atomic mass is 9.65. The van der Waals surface area contributed by atoms with Gasteiger partial charge in [0.05, 0.1) is 0 Å². The second kappa shape index (κ2) is 6.09. The average molecular weight is 312 g/mol. The molecular weight excluding hydrogens is 292 g/mol. The molecule has 1 heteroatoms. The van der Waals surface area contributed by atoms with Gasteiger partial charge in [-0.05, 0) is 29.5 Å². The van der Waals surface area contributed by atoms with Crippen LogP contribution in [0.25, 0.3) is 0 Å². The molecule has 0 atom stereocenters. The number of carbonyl (C=O) groups is 1. The molecule has 0 radical (unpaired) electrons. The first-order valence-corrected chi connectivity index (χ1v) is 8.54. The first-order valence-electron chi connectivity index (χ1n) is 8.54. The van der Waals surface area contributed by atoms with Crippen molar-refractivity contribution in [2.75, 3.05) is 0 Å². The third-order valence-corrected chi connectivity index (χ3v) is 4.94. The normalized spacial score (nSPS) is 14.3. The van der Waals surface area contributed by atoms with E-state index in [2.05, 4.69) is 36.4 Å². The van der Waals surface area contributed by atoms with Crippen molar-refractivity contribution < 1.29 is 4.79 Å². The highest BCUT2D eigenvalue weighted by atomic mass is 16.1. The molecule has 0 aromatic heterocycles. The second-order valence-corrected chi connectivity index (χ2v) is 6.49. The van der Waals surface area contributed by atoms with Gasteiger partial charge in [0.25, 0.3) is 0 Å². The molecule has 0 N–H and O–H groups in total. The van der Waals surface area contributed by atoms with Crippen molar-refractivity contribution in [3.63, 3.8) is 0 Å². The van der Waals surface area contributed by atoms with Gasteiger partial charge >= 0.3 is 0 Å². The van der Waals surface area contributed by atoms with Crippen molar-refractivity contribution >= 4 is 5.78 Å². The molecule has 0 aliphatic heterocycles. The highest BCUT2D eigenvalue weighted by Gasteiger charge is 2.49. The Morgan fingerprint density at radius 1 is 0.625 bits per heavy atom. The summed E-state index contributed by atoms with van der Waals surface area (Å²) >= 11 is 0. The SMILES string of the molecule is O=C(C1CC1)C(c1ccccc1)(c1ccccc1)c1ccccc1. The van der Waals surface area contributed by atoms with E-state index in [0.717, 1.165) is 29.5 Å². The van der Waals surface area contributed by atoms with Crippen LogP contribution in [0.2, 0.25) is 0 Å². The highest BCUT2D eigenvalue weighted by Crippen LogP contribution is 2.46. The van der Waals surface area contributed by atoms with Crippen molar-refractivity contribution in [3.05, 3.63) is 108 Å². The molecule has 0 amide bonds. The van der Waals surface area contributed by atoms with Gasteiger partial charge in [-0.15, -0.1) is 0 Å². The quantitative estimate of drug-likeness (QED) is 0.606. The summed E-state index contributed by atoms with van der Waals surface area (Å²) in [7, 11) is 0. The van der Waals surface area contributed by atoms with Gasteiger partial charge in [0, 0.05) is 5.92 Å². The van der Waals surface area contributed by atoms with Crippen molar-refractivity contribution in [3.8, 4) is 0 Å². The maximum Gasteiger partial charge on any atom is 0.155 e. The molecule has 0 unspecified atom stereocenters. The minimum Gasteiger partial charge on any atom is -0.298 e. The Morgan fingerprint density at radius 2 is 0.958 bits per heavy atom.